The Morgan fingerprint density at radius 3 is 2.87 bits per heavy atom. The molecule has 0 aromatic carbocycles. The number of hydrogen-bond acceptors (Lipinski definition) is 4. The Hall–Kier alpha value is -1.83. The van der Waals surface area contributed by atoms with E-state index in [-0.39, 0.29) is 6.42 Å². The number of aromatic nitrogens is 2. The summed E-state index contributed by atoms with van der Waals surface area (Å²) in [5.74, 6) is -0.425. The molecule has 0 aliphatic rings. The van der Waals surface area contributed by atoms with Crippen molar-refractivity contribution >= 4 is 5.97 Å². The van der Waals surface area contributed by atoms with Gasteiger partial charge in [-0.2, -0.15) is 10.4 Å². The SMILES string of the molecule is CCOC(=O)c1c(CC#N)c(C)nn1C. The van der Waals surface area contributed by atoms with Crippen molar-refractivity contribution in [3.63, 3.8) is 0 Å². The standard InChI is InChI=1S/C10H13N3O2/c1-4-15-10(14)9-8(5-6-11)7(2)12-13(9)3/h4-5H2,1-3H3. The van der Waals surface area contributed by atoms with E-state index in [9.17, 15) is 4.79 Å². The average molecular weight is 207 g/mol. The molecule has 0 saturated heterocycles. The highest BCUT2D eigenvalue weighted by Gasteiger charge is 2.20. The molecule has 0 amide bonds. The smallest absolute Gasteiger partial charge is 0.356 e. The van der Waals surface area contributed by atoms with Crippen LogP contribution < -0.4 is 0 Å². The molecule has 0 unspecified atom stereocenters. The molecule has 80 valence electrons. The highest BCUT2D eigenvalue weighted by atomic mass is 16.5. The van der Waals surface area contributed by atoms with Gasteiger partial charge in [-0.15, -0.1) is 0 Å². The predicted molar refractivity (Wildman–Crippen MR) is 53.2 cm³/mol. The Bertz CT molecular complexity index is 415. The molecule has 0 saturated carbocycles. The lowest BCUT2D eigenvalue weighted by Crippen LogP contribution is -2.12. The lowest BCUT2D eigenvalue weighted by Gasteiger charge is -2.03. The van der Waals surface area contributed by atoms with E-state index in [0.717, 1.165) is 0 Å². The summed E-state index contributed by atoms with van der Waals surface area (Å²) in [6, 6.07) is 2.01. The molecule has 15 heavy (non-hydrogen) atoms. The van der Waals surface area contributed by atoms with Gasteiger partial charge in [0, 0.05) is 12.6 Å². The second-order valence-corrected chi connectivity index (χ2v) is 3.09. The van der Waals surface area contributed by atoms with E-state index < -0.39 is 5.97 Å². The van der Waals surface area contributed by atoms with Crippen LogP contribution in [0.15, 0.2) is 0 Å². The van der Waals surface area contributed by atoms with E-state index in [4.69, 9.17) is 10.00 Å². The monoisotopic (exact) mass is 207 g/mol. The molecule has 0 spiro atoms. The number of hydrogen-bond donors (Lipinski definition) is 0. The number of aryl methyl sites for hydroxylation is 2. The maximum atomic E-state index is 11.6. The van der Waals surface area contributed by atoms with Crippen LogP contribution in [-0.4, -0.2) is 22.4 Å². The molecule has 1 aromatic heterocycles. The molecule has 0 fully saturated rings. The largest absolute Gasteiger partial charge is 0.461 e. The lowest BCUT2D eigenvalue weighted by molar-refractivity contribution is 0.0512. The van der Waals surface area contributed by atoms with E-state index >= 15 is 0 Å². The Labute approximate surface area is 88.3 Å². The topological polar surface area (TPSA) is 67.9 Å². The van der Waals surface area contributed by atoms with Crippen LogP contribution in [0.3, 0.4) is 0 Å². The number of esters is 1. The lowest BCUT2D eigenvalue weighted by atomic mass is 10.1. The van der Waals surface area contributed by atoms with Gasteiger partial charge in [0.15, 0.2) is 5.69 Å². The number of nitrogens with zero attached hydrogens (tertiary/aromatic N) is 3. The van der Waals surface area contributed by atoms with Gasteiger partial charge in [0.2, 0.25) is 0 Å². The first-order valence-electron chi connectivity index (χ1n) is 4.68. The third kappa shape index (κ3) is 2.15. The third-order valence-corrected chi connectivity index (χ3v) is 2.07. The van der Waals surface area contributed by atoms with Gasteiger partial charge in [-0.25, -0.2) is 4.79 Å². The molecular weight excluding hydrogens is 194 g/mol. The highest BCUT2D eigenvalue weighted by molar-refractivity contribution is 5.89. The van der Waals surface area contributed by atoms with Crippen LogP contribution in [0.1, 0.15) is 28.7 Å². The van der Waals surface area contributed by atoms with Crippen LogP contribution in [0.25, 0.3) is 0 Å². The second-order valence-electron chi connectivity index (χ2n) is 3.09. The van der Waals surface area contributed by atoms with E-state index in [2.05, 4.69) is 5.10 Å². The molecule has 0 radical (unpaired) electrons. The highest BCUT2D eigenvalue weighted by Crippen LogP contribution is 2.14. The molecule has 5 heteroatoms. The zero-order valence-electron chi connectivity index (χ0n) is 9.07. The number of carbonyl (C=O) groups is 1. The first-order chi connectivity index (χ1) is 7.11. The Morgan fingerprint density at radius 1 is 1.67 bits per heavy atom. The summed E-state index contributed by atoms with van der Waals surface area (Å²) in [6.45, 7) is 3.83. The minimum Gasteiger partial charge on any atom is -0.461 e. The first-order valence-corrected chi connectivity index (χ1v) is 4.68. The fourth-order valence-corrected chi connectivity index (χ4v) is 1.45. The van der Waals surface area contributed by atoms with E-state index in [1.807, 2.05) is 6.07 Å². The zero-order chi connectivity index (χ0) is 11.4. The van der Waals surface area contributed by atoms with Crippen molar-refractivity contribution in [3.05, 3.63) is 17.0 Å². The van der Waals surface area contributed by atoms with Crippen LogP contribution in [0.5, 0.6) is 0 Å². The van der Waals surface area contributed by atoms with Crippen molar-refractivity contribution < 1.29 is 9.53 Å². The van der Waals surface area contributed by atoms with Crippen LogP contribution in [0.4, 0.5) is 0 Å². The molecule has 0 N–H and O–H groups in total. The fourth-order valence-electron chi connectivity index (χ4n) is 1.45. The Kier molecular flexibility index (Phi) is 3.45. The zero-order valence-corrected chi connectivity index (χ0v) is 9.07. The molecule has 0 aliphatic carbocycles. The van der Waals surface area contributed by atoms with Crippen molar-refractivity contribution in [2.75, 3.05) is 6.61 Å². The number of nitriles is 1. The van der Waals surface area contributed by atoms with Crippen molar-refractivity contribution in [3.8, 4) is 6.07 Å². The Balaban J connectivity index is 3.15. The molecule has 0 aliphatic heterocycles. The summed E-state index contributed by atoms with van der Waals surface area (Å²) in [7, 11) is 1.67. The van der Waals surface area contributed by atoms with Gasteiger partial charge < -0.3 is 4.74 Å². The summed E-state index contributed by atoms with van der Waals surface area (Å²) in [5.41, 5.74) is 1.72. The van der Waals surface area contributed by atoms with E-state index in [1.165, 1.54) is 4.68 Å². The maximum Gasteiger partial charge on any atom is 0.356 e. The van der Waals surface area contributed by atoms with Gasteiger partial charge in [0.25, 0.3) is 0 Å². The summed E-state index contributed by atoms with van der Waals surface area (Å²) >= 11 is 0. The van der Waals surface area contributed by atoms with Gasteiger partial charge in [0.05, 0.1) is 24.8 Å². The number of rotatable bonds is 3. The fraction of sp³-hybridized carbons (Fsp3) is 0.500. The molecule has 0 atom stereocenters. The van der Waals surface area contributed by atoms with Gasteiger partial charge in [-0.1, -0.05) is 0 Å². The average Bonchev–Trinajstić information content (AvgIpc) is 2.43. The van der Waals surface area contributed by atoms with Gasteiger partial charge >= 0.3 is 5.97 Å². The predicted octanol–water partition coefficient (Wildman–Crippen LogP) is 0.971. The van der Waals surface area contributed by atoms with Crippen LogP contribution in [0.2, 0.25) is 0 Å². The van der Waals surface area contributed by atoms with Crippen molar-refractivity contribution in [2.24, 2.45) is 7.05 Å². The molecule has 1 heterocycles. The molecule has 0 bridgehead atoms. The van der Waals surface area contributed by atoms with E-state index in [1.54, 1.807) is 20.9 Å². The van der Waals surface area contributed by atoms with Gasteiger partial charge in [-0.05, 0) is 13.8 Å². The minimum atomic E-state index is -0.425. The van der Waals surface area contributed by atoms with Crippen molar-refractivity contribution in [2.45, 2.75) is 20.3 Å². The summed E-state index contributed by atoms with van der Waals surface area (Å²) in [6.07, 6.45) is 0.174. The number of carbonyl (C=O) groups excluding carboxylic acids is 1. The normalized spacial score (nSPS) is 9.73. The first kappa shape index (κ1) is 11.2. The molecule has 5 nitrogen and oxygen atoms in total. The van der Waals surface area contributed by atoms with Crippen molar-refractivity contribution in [1.29, 1.82) is 5.26 Å². The molecule has 1 aromatic rings. The quantitative estimate of drug-likeness (QED) is 0.692. The summed E-state index contributed by atoms with van der Waals surface area (Å²) in [5, 5.41) is 12.7. The summed E-state index contributed by atoms with van der Waals surface area (Å²) < 4.78 is 6.36. The molecule has 1 rings (SSSR count). The van der Waals surface area contributed by atoms with Crippen LogP contribution in [0, 0.1) is 18.3 Å². The Morgan fingerprint density at radius 2 is 2.33 bits per heavy atom. The van der Waals surface area contributed by atoms with Gasteiger partial charge in [0.1, 0.15) is 0 Å². The van der Waals surface area contributed by atoms with Crippen molar-refractivity contribution in [1.82, 2.24) is 9.78 Å². The van der Waals surface area contributed by atoms with E-state index in [0.29, 0.717) is 23.6 Å². The molecular formula is C10H13N3O2. The number of ether oxygens (including phenoxy) is 1. The van der Waals surface area contributed by atoms with Gasteiger partial charge in [-0.3, -0.25) is 4.68 Å². The minimum absolute atomic E-state index is 0.174. The van der Waals surface area contributed by atoms with Crippen LogP contribution >= 0.6 is 0 Å². The maximum absolute atomic E-state index is 11.6. The third-order valence-electron chi connectivity index (χ3n) is 2.07. The second kappa shape index (κ2) is 4.60. The summed E-state index contributed by atoms with van der Waals surface area (Å²) in [4.78, 5) is 11.6. The van der Waals surface area contributed by atoms with Crippen LogP contribution in [-0.2, 0) is 18.2 Å².